The van der Waals surface area contributed by atoms with Crippen LogP contribution in [0.1, 0.15) is 130 Å². The Kier molecular flexibility index (Phi) is 37.9. The summed E-state index contributed by atoms with van der Waals surface area (Å²) in [6.07, 6.45) is 3.91. The van der Waals surface area contributed by atoms with E-state index in [2.05, 4.69) is 124 Å². The Morgan fingerprint density at radius 1 is 0.447 bits per heavy atom. The molecule has 23 nitrogen and oxygen atoms in total. The van der Waals surface area contributed by atoms with Crippen LogP contribution in [0.4, 0.5) is 4.39 Å². The molecule has 4 N–H and O–H groups in total. The standard InChI is InChI=1S/C35H41N3O4.C34H39N3O4.C13H24N2O3.C4H7NO2.CH3F.2CH4.Li.H2O/c1-25(2)31(34(41)42-4)36(3)32(39)26-20-22-37(23-21-26)33(40)30-24-38(30)35(27-14-8-5-9-15-27,28-16-10-6-11-17-28)29-18-12-7-13-19-29;1-24(2)30(33(40)41)35(3)31(38)25-19-21-36(22-20-25)32(39)29-23-37(29)34(26-13-7-4-8-14-26,27-15-9-5-10-16-27)28-17-11-6-12-18-28;1-9(2)11(13(17)18-4)15(3)12(16)10-5-7-14-8-6-10;1-5-2-3(5)4(6)7;1-2;;;;/h5-19,25-26,30-31H,20-24H2,1-4H3;4-18,24-25,29-30H,19-23H2,1-3H3,(H,40,41);9-11,14H,5-8H2,1-4H3;3H,2H2,1H3,(H,6,7);1H3;2*1H4;;1H2/q;;;;;;;+1;/p-1/t30-,31+,38?;29-,30+,37?;11-;3-,5?;;;;;/m1101...../s1/i;;;;1D;;;;. The Hall–Kier alpha value is -9.12. The third kappa shape index (κ3) is 22.7. The fraction of sp³-hybridized carbons (Fsp3) is 0.494. The third-order valence-corrected chi connectivity index (χ3v) is 22.3. The van der Waals surface area contributed by atoms with Crippen molar-refractivity contribution in [2.24, 2.45) is 35.5 Å². The third-order valence-electron chi connectivity index (χ3n) is 22.3. The van der Waals surface area contributed by atoms with E-state index in [-0.39, 0.29) is 128 Å². The monoisotopic (exact) mass is 1570 g/mol. The quantitative estimate of drug-likeness (QED) is 0.0239. The number of piperidine rings is 3. The van der Waals surface area contributed by atoms with Crippen molar-refractivity contribution in [2.75, 3.05) is 108 Å². The molecule has 6 aromatic carbocycles. The number of benzene rings is 6. The molecule has 3 unspecified atom stereocenters. The Bertz CT molecular complexity index is 3820. The van der Waals surface area contributed by atoms with Crippen LogP contribution in [-0.4, -0.2) is 253 Å². The molecule has 5 amide bonds. The van der Waals surface area contributed by atoms with Crippen LogP contribution < -0.4 is 24.2 Å². The number of nitrogens with one attached hydrogen (secondary N) is 1. The summed E-state index contributed by atoms with van der Waals surface area (Å²) in [5.74, 6) is -3.08. The number of carboxylic acids is 2. The van der Waals surface area contributed by atoms with Crippen LogP contribution in [0.15, 0.2) is 182 Å². The number of esters is 2. The number of carboxylic acid groups (broad SMARTS) is 2. The number of aliphatic carboxylic acids is 2. The Morgan fingerprint density at radius 3 is 0.886 bits per heavy atom. The number of carbonyl (C=O) groups is 9. The van der Waals surface area contributed by atoms with E-state index in [1.54, 1.807) is 38.0 Å². The van der Waals surface area contributed by atoms with Crippen molar-refractivity contribution in [3.63, 3.8) is 0 Å². The minimum atomic E-state index is -1.00. The molecule has 616 valence electrons. The largest absolute Gasteiger partial charge is 1.00 e. The maximum Gasteiger partial charge on any atom is 1.00 e. The molecule has 114 heavy (non-hydrogen) atoms. The Balaban J connectivity index is 0.000000356. The number of alkyl halides is 1. The smallest absolute Gasteiger partial charge is 0.870 e. The summed E-state index contributed by atoms with van der Waals surface area (Å²) in [5, 5.41) is 21.0. The molecule has 6 aliphatic rings. The number of hydrogen-bond donors (Lipinski definition) is 3. The average Bonchev–Trinajstić information content (AvgIpc) is 1.52. The zero-order valence-corrected chi connectivity index (χ0v) is 67.4. The summed E-state index contributed by atoms with van der Waals surface area (Å²) in [6, 6.07) is 59.7. The fourth-order valence-electron chi connectivity index (χ4n) is 16.4. The van der Waals surface area contributed by atoms with Gasteiger partial charge in [0.25, 0.3) is 0 Å². The predicted molar refractivity (Wildman–Crippen MR) is 436 cm³/mol. The van der Waals surface area contributed by atoms with Gasteiger partial charge in [0, 0.05) is 84.7 Å². The predicted octanol–water partition coefficient (Wildman–Crippen LogP) is 7.74. The van der Waals surface area contributed by atoms with E-state index in [1.807, 2.05) is 124 Å². The Morgan fingerprint density at radius 2 is 0.684 bits per heavy atom. The van der Waals surface area contributed by atoms with Crippen molar-refractivity contribution in [1.29, 1.82) is 0 Å². The van der Waals surface area contributed by atoms with Gasteiger partial charge in [0.05, 0.1) is 33.8 Å². The zero-order valence-electron chi connectivity index (χ0n) is 68.4. The average molecular weight is 1570 g/mol. The van der Waals surface area contributed by atoms with Crippen LogP contribution in [0.2, 0.25) is 0 Å². The molecule has 12 rings (SSSR count). The summed E-state index contributed by atoms with van der Waals surface area (Å²) >= 11 is 0. The van der Waals surface area contributed by atoms with E-state index < -0.39 is 54.3 Å². The van der Waals surface area contributed by atoms with Crippen molar-refractivity contribution < 1.29 is 92.9 Å². The minimum absolute atomic E-state index is 0. The molecule has 6 saturated heterocycles. The molecule has 0 aliphatic carbocycles. The molecule has 0 radical (unpaired) electrons. The van der Waals surface area contributed by atoms with Gasteiger partial charge in [0.2, 0.25) is 29.5 Å². The first-order valence-corrected chi connectivity index (χ1v) is 38.3. The van der Waals surface area contributed by atoms with Gasteiger partial charge >= 0.3 is 42.7 Å². The van der Waals surface area contributed by atoms with Crippen LogP contribution in [0.5, 0.6) is 0 Å². The molecule has 0 saturated carbocycles. The number of ether oxygens (including phenoxy) is 2. The van der Waals surface area contributed by atoms with Crippen molar-refractivity contribution in [1.82, 2.24) is 44.5 Å². The number of methoxy groups -OCH3 is 2. The van der Waals surface area contributed by atoms with E-state index in [4.69, 9.17) is 16.0 Å². The van der Waals surface area contributed by atoms with Crippen LogP contribution in [-0.2, 0) is 63.7 Å². The number of carbonyl (C=O) groups excluding carboxylic acids is 7. The van der Waals surface area contributed by atoms with Gasteiger partial charge in [-0.25, -0.2) is 14.4 Å². The van der Waals surface area contributed by atoms with Gasteiger partial charge in [-0.1, -0.05) is 238 Å². The molecule has 0 bridgehead atoms. The number of likely N-dealkylation sites (tertiary alicyclic amines) is 2. The van der Waals surface area contributed by atoms with E-state index in [0.717, 1.165) is 65.9 Å². The molecule has 6 aliphatic heterocycles. The van der Waals surface area contributed by atoms with Gasteiger partial charge in [-0.15, -0.1) is 0 Å². The van der Waals surface area contributed by atoms with E-state index in [1.165, 1.54) is 24.0 Å². The minimum Gasteiger partial charge on any atom is -0.870 e. The van der Waals surface area contributed by atoms with Gasteiger partial charge in [-0.3, -0.25) is 47.9 Å². The zero-order chi connectivity index (χ0) is 80.9. The number of halogens is 1. The number of nitrogens with zero attached hydrogens (tertiary/aromatic N) is 8. The molecule has 0 spiro atoms. The Labute approximate surface area is 688 Å². The fourth-order valence-corrected chi connectivity index (χ4v) is 16.4. The van der Waals surface area contributed by atoms with Crippen LogP contribution in [0.3, 0.4) is 0 Å². The molecule has 6 aromatic rings. The van der Waals surface area contributed by atoms with Crippen molar-refractivity contribution in [2.45, 2.75) is 142 Å². The van der Waals surface area contributed by atoms with Crippen LogP contribution in [0.25, 0.3) is 0 Å². The summed E-state index contributed by atoms with van der Waals surface area (Å²) in [4.78, 5) is 127. The molecular weight excluding hydrogens is 1440 g/mol. The molecular formula is C89H123FLiN9O14. The number of likely N-dealkylation sites (N-methyl/N-ethyl adjacent to an activating group) is 4. The second kappa shape index (κ2) is 45.2. The van der Waals surface area contributed by atoms with Gasteiger partial charge in [0.15, 0.2) is 0 Å². The molecule has 9 atom stereocenters. The normalized spacial score (nSPS) is 19.8. The van der Waals surface area contributed by atoms with Crippen molar-refractivity contribution in [3.8, 4) is 0 Å². The van der Waals surface area contributed by atoms with Gasteiger partial charge in [-0.2, -0.15) is 0 Å². The van der Waals surface area contributed by atoms with Crippen LogP contribution in [0, 0.1) is 35.5 Å². The second-order valence-electron chi connectivity index (χ2n) is 30.3. The first-order chi connectivity index (χ1) is 53.2. The topological polar surface area (TPSA) is 280 Å². The molecule has 25 heteroatoms. The van der Waals surface area contributed by atoms with E-state index in [0.29, 0.717) is 65.0 Å². The SMILES string of the molecule is C.C.CC(C)[C@@H](C(=O)O)N(C)C(=O)C1CCN(C(=O)[C@H]2CN2C(c2ccccc2)(c2ccccc2)c2ccccc2)CC1.CN1C[C@@H]1C(=O)O.COC(=O)[C@H](C(C)C)N(C)C(=O)C1CCN(C(=O)[C@H]2CN2C(c2ccccc2)(c2ccccc2)c2ccccc2)CC1.COC(=O)[C@H](C(C)C)N(C)C(=O)C1CCNCC1.[2H]CF.[Li+].[OH-]. The van der Waals surface area contributed by atoms with Gasteiger partial charge in [0.1, 0.15) is 36.3 Å². The molecule has 6 heterocycles. The first kappa shape index (κ1) is 95.5. The summed E-state index contributed by atoms with van der Waals surface area (Å²) in [6.45, 7) is 17.0. The first-order valence-electron chi connectivity index (χ1n) is 39.0. The van der Waals surface area contributed by atoms with E-state index in [9.17, 15) is 52.6 Å². The van der Waals surface area contributed by atoms with Crippen molar-refractivity contribution in [3.05, 3.63) is 215 Å². The maximum absolute atomic E-state index is 14.0. The van der Waals surface area contributed by atoms with Crippen molar-refractivity contribution >= 4 is 53.4 Å². The number of hydrogen-bond acceptors (Lipinski definition) is 16. The summed E-state index contributed by atoms with van der Waals surface area (Å²) in [5.41, 5.74) is 5.46. The number of rotatable bonds is 23. The van der Waals surface area contributed by atoms with Gasteiger partial charge < -0.3 is 55.0 Å². The van der Waals surface area contributed by atoms with Gasteiger partial charge in [-0.05, 0) is 110 Å². The summed E-state index contributed by atoms with van der Waals surface area (Å²) in [7, 11) is 8.46. The van der Waals surface area contributed by atoms with Crippen LogP contribution >= 0.6 is 0 Å². The molecule has 6 fully saturated rings. The summed E-state index contributed by atoms with van der Waals surface area (Å²) < 4.78 is 25.2. The second-order valence-corrected chi connectivity index (χ2v) is 30.3. The maximum atomic E-state index is 14.0. The van der Waals surface area contributed by atoms with E-state index >= 15 is 0 Å². The molecule has 0 aromatic heterocycles. The number of amides is 5.